The molecule has 34 heavy (non-hydrogen) atoms. The van der Waals surface area contributed by atoms with Gasteiger partial charge in [0, 0.05) is 19.0 Å². The van der Waals surface area contributed by atoms with E-state index in [1.54, 1.807) is 32.8 Å². The largest absolute Gasteiger partial charge is 0.497 e. The molecule has 2 aromatic rings. The van der Waals surface area contributed by atoms with Crippen molar-refractivity contribution in [2.45, 2.75) is 38.3 Å². The summed E-state index contributed by atoms with van der Waals surface area (Å²) in [5, 5.41) is 0. The lowest BCUT2D eigenvalue weighted by molar-refractivity contribution is -0.133. The van der Waals surface area contributed by atoms with Crippen molar-refractivity contribution in [1.29, 1.82) is 0 Å². The van der Waals surface area contributed by atoms with Crippen LogP contribution in [0.25, 0.3) is 0 Å². The smallest absolute Gasteiger partial charge is 0.417 e. The maximum atomic E-state index is 13.8. The van der Waals surface area contributed by atoms with Crippen molar-refractivity contribution in [3.63, 3.8) is 0 Å². The number of hydrogen-bond acceptors (Lipinski definition) is 6. The Morgan fingerprint density at radius 1 is 0.971 bits per heavy atom. The number of ether oxygens (including phenoxy) is 3. The minimum atomic E-state index is -0.664. The first-order valence-electron chi connectivity index (χ1n) is 11.3. The third kappa shape index (κ3) is 4.85. The Hall–Kier alpha value is -3.55. The number of hydrogen-bond donors (Lipinski definition) is 0. The summed E-state index contributed by atoms with van der Waals surface area (Å²) in [5.74, 6) is -0.599. The number of rotatable bonds is 4. The van der Waals surface area contributed by atoms with Crippen LogP contribution in [0.1, 0.15) is 43.9 Å². The lowest BCUT2D eigenvalue weighted by atomic mass is 9.87. The van der Waals surface area contributed by atoms with Gasteiger partial charge >= 0.3 is 12.2 Å². The van der Waals surface area contributed by atoms with Crippen LogP contribution in [0.2, 0.25) is 0 Å². The van der Waals surface area contributed by atoms with Gasteiger partial charge in [0.15, 0.2) is 0 Å². The number of cyclic esters (lactones) is 1. The molecule has 0 aromatic heterocycles. The molecule has 0 spiro atoms. The predicted octanol–water partition coefficient (Wildman–Crippen LogP) is 4.37. The normalized spacial score (nSPS) is 22.5. The highest BCUT2D eigenvalue weighted by Gasteiger charge is 2.48. The Labute approximate surface area is 199 Å². The quantitative estimate of drug-likeness (QED) is 0.665. The van der Waals surface area contributed by atoms with Crippen LogP contribution in [0.4, 0.5) is 9.59 Å². The van der Waals surface area contributed by atoms with Crippen molar-refractivity contribution in [2.24, 2.45) is 5.92 Å². The van der Waals surface area contributed by atoms with Crippen LogP contribution in [-0.2, 0) is 14.3 Å². The van der Waals surface area contributed by atoms with Crippen molar-refractivity contribution in [2.75, 3.05) is 26.8 Å². The van der Waals surface area contributed by atoms with E-state index in [2.05, 4.69) is 0 Å². The SMILES string of the molecule is COc1ccc([C@@H]2CN(C(=O)OC(C)(C)C)C[C@H]2C(=O)N2C(=O)OCC2c2ccccc2)cc1. The van der Waals surface area contributed by atoms with E-state index in [4.69, 9.17) is 14.2 Å². The summed E-state index contributed by atoms with van der Waals surface area (Å²) in [6, 6.07) is 16.3. The van der Waals surface area contributed by atoms with Gasteiger partial charge in [-0.15, -0.1) is 0 Å². The molecule has 2 aromatic carbocycles. The summed E-state index contributed by atoms with van der Waals surface area (Å²) in [6.07, 6.45) is -1.15. The van der Waals surface area contributed by atoms with Gasteiger partial charge in [-0.1, -0.05) is 42.5 Å². The zero-order valence-corrected chi connectivity index (χ0v) is 19.9. The summed E-state index contributed by atoms with van der Waals surface area (Å²) in [4.78, 5) is 42.1. The third-order valence-corrected chi connectivity index (χ3v) is 6.13. The molecule has 0 aliphatic carbocycles. The highest BCUT2D eigenvalue weighted by molar-refractivity contribution is 5.96. The van der Waals surface area contributed by atoms with E-state index in [1.165, 1.54) is 4.90 Å². The molecule has 3 amide bonds. The first kappa shape index (κ1) is 23.6. The predicted molar refractivity (Wildman–Crippen MR) is 124 cm³/mol. The van der Waals surface area contributed by atoms with Gasteiger partial charge < -0.3 is 19.1 Å². The van der Waals surface area contributed by atoms with E-state index in [1.807, 2.05) is 54.6 Å². The summed E-state index contributed by atoms with van der Waals surface area (Å²) in [5.41, 5.74) is 1.05. The maximum absolute atomic E-state index is 13.8. The number of likely N-dealkylation sites (tertiary alicyclic amines) is 1. The molecule has 2 aliphatic rings. The molecule has 2 aliphatic heterocycles. The fourth-order valence-electron chi connectivity index (χ4n) is 4.48. The van der Waals surface area contributed by atoms with Crippen molar-refractivity contribution in [1.82, 2.24) is 9.80 Å². The Kier molecular flexibility index (Phi) is 6.50. The fourth-order valence-corrected chi connectivity index (χ4v) is 4.48. The van der Waals surface area contributed by atoms with Crippen LogP contribution < -0.4 is 4.74 Å². The molecule has 2 fully saturated rings. The molecule has 0 radical (unpaired) electrons. The Balaban J connectivity index is 1.64. The van der Waals surface area contributed by atoms with Crippen LogP contribution >= 0.6 is 0 Å². The summed E-state index contributed by atoms with van der Waals surface area (Å²) < 4.78 is 16.1. The molecule has 0 N–H and O–H groups in total. The second-order valence-electron chi connectivity index (χ2n) is 9.58. The Morgan fingerprint density at radius 3 is 2.26 bits per heavy atom. The average Bonchev–Trinajstić information content (AvgIpc) is 3.43. The van der Waals surface area contributed by atoms with E-state index < -0.39 is 29.7 Å². The Morgan fingerprint density at radius 2 is 1.65 bits per heavy atom. The van der Waals surface area contributed by atoms with Crippen LogP contribution in [0.3, 0.4) is 0 Å². The minimum Gasteiger partial charge on any atom is -0.497 e. The average molecular weight is 467 g/mol. The van der Waals surface area contributed by atoms with Crippen molar-refractivity contribution >= 4 is 18.1 Å². The summed E-state index contributed by atoms with van der Waals surface area (Å²) in [6.45, 7) is 5.95. The van der Waals surface area contributed by atoms with Gasteiger partial charge in [-0.3, -0.25) is 4.79 Å². The van der Waals surface area contributed by atoms with Crippen LogP contribution in [-0.4, -0.2) is 60.3 Å². The molecule has 8 heteroatoms. The van der Waals surface area contributed by atoms with Gasteiger partial charge in [0.1, 0.15) is 24.0 Å². The molecule has 3 atom stereocenters. The molecular weight excluding hydrogens is 436 g/mol. The lowest BCUT2D eigenvalue weighted by Crippen LogP contribution is -2.41. The number of carbonyl (C=O) groups excluding carboxylic acids is 3. The highest BCUT2D eigenvalue weighted by Crippen LogP contribution is 2.38. The molecule has 2 heterocycles. The summed E-state index contributed by atoms with van der Waals surface area (Å²) >= 11 is 0. The van der Waals surface area contributed by atoms with Gasteiger partial charge in [0.05, 0.1) is 13.0 Å². The molecule has 180 valence electrons. The van der Waals surface area contributed by atoms with Crippen LogP contribution in [0.15, 0.2) is 54.6 Å². The number of imide groups is 1. The highest BCUT2D eigenvalue weighted by atomic mass is 16.6. The van der Waals surface area contributed by atoms with Gasteiger partial charge in [0.25, 0.3) is 0 Å². The monoisotopic (exact) mass is 466 g/mol. The third-order valence-electron chi connectivity index (χ3n) is 6.13. The number of nitrogens with zero attached hydrogens (tertiary/aromatic N) is 2. The topological polar surface area (TPSA) is 85.4 Å². The second kappa shape index (κ2) is 9.37. The Bertz CT molecular complexity index is 1050. The fraction of sp³-hybridized carbons (Fsp3) is 0.423. The van der Waals surface area contributed by atoms with Gasteiger partial charge in [-0.2, -0.15) is 0 Å². The second-order valence-corrected chi connectivity index (χ2v) is 9.58. The van der Waals surface area contributed by atoms with Gasteiger partial charge in [-0.25, -0.2) is 14.5 Å². The zero-order chi connectivity index (χ0) is 24.5. The van der Waals surface area contributed by atoms with Crippen molar-refractivity contribution < 1.29 is 28.6 Å². The van der Waals surface area contributed by atoms with Crippen molar-refractivity contribution in [3.8, 4) is 5.75 Å². The molecular formula is C26H30N2O6. The van der Waals surface area contributed by atoms with E-state index in [0.717, 1.165) is 11.1 Å². The zero-order valence-electron chi connectivity index (χ0n) is 19.9. The number of benzene rings is 2. The van der Waals surface area contributed by atoms with Crippen LogP contribution in [0, 0.1) is 5.92 Å². The molecule has 4 rings (SSSR count). The first-order chi connectivity index (χ1) is 16.2. The lowest BCUT2D eigenvalue weighted by Gasteiger charge is -2.26. The van der Waals surface area contributed by atoms with E-state index >= 15 is 0 Å². The van der Waals surface area contributed by atoms with E-state index in [9.17, 15) is 14.4 Å². The van der Waals surface area contributed by atoms with Gasteiger partial charge in [0.2, 0.25) is 5.91 Å². The van der Waals surface area contributed by atoms with Gasteiger partial charge in [-0.05, 0) is 44.0 Å². The number of methoxy groups -OCH3 is 1. The molecule has 0 bridgehead atoms. The van der Waals surface area contributed by atoms with Crippen LogP contribution in [0.5, 0.6) is 5.75 Å². The molecule has 8 nitrogen and oxygen atoms in total. The number of amides is 3. The minimum absolute atomic E-state index is 0.101. The standard InChI is InChI=1S/C26H30N2O6/c1-26(2,3)34-24(30)27-14-20(17-10-12-19(32-4)13-11-17)21(15-27)23(29)28-22(16-33-25(28)31)18-8-6-5-7-9-18/h5-13,20-22H,14-16H2,1-4H3/t20-,21+,22?/m0/s1. The number of carbonyl (C=O) groups is 3. The van der Waals surface area contributed by atoms with Crippen molar-refractivity contribution in [3.05, 3.63) is 65.7 Å². The van der Waals surface area contributed by atoms with E-state index in [-0.39, 0.29) is 25.0 Å². The maximum Gasteiger partial charge on any atom is 0.417 e. The van der Waals surface area contributed by atoms with E-state index in [0.29, 0.717) is 12.3 Å². The molecule has 1 unspecified atom stereocenters. The molecule has 0 saturated carbocycles. The first-order valence-corrected chi connectivity index (χ1v) is 11.3. The summed E-state index contributed by atoms with van der Waals surface area (Å²) in [7, 11) is 1.59. The molecule has 2 saturated heterocycles.